The Morgan fingerprint density at radius 3 is 2.35 bits per heavy atom. The largest absolute Gasteiger partial charge is 0.497 e. The Kier molecular flexibility index (Phi) is 5.51. The van der Waals surface area contributed by atoms with Gasteiger partial charge in [0.2, 0.25) is 0 Å². The van der Waals surface area contributed by atoms with Gasteiger partial charge < -0.3 is 24.3 Å². The van der Waals surface area contributed by atoms with E-state index in [1.807, 2.05) is 25.1 Å². The molecule has 0 spiro atoms. The van der Waals surface area contributed by atoms with Crippen LogP contribution in [-0.2, 0) is 4.79 Å². The van der Waals surface area contributed by atoms with E-state index in [2.05, 4.69) is 5.32 Å². The summed E-state index contributed by atoms with van der Waals surface area (Å²) in [4.78, 5) is 12.4. The summed E-state index contributed by atoms with van der Waals surface area (Å²) in [5.41, 5.74) is 0.944. The molecule has 2 aromatic rings. The van der Waals surface area contributed by atoms with Gasteiger partial charge in [-0.1, -0.05) is 6.07 Å². The van der Waals surface area contributed by atoms with Crippen LogP contribution in [0.5, 0.6) is 23.0 Å². The van der Waals surface area contributed by atoms with E-state index in [1.54, 1.807) is 38.3 Å². The number of benzene rings is 2. The number of amides is 1. The summed E-state index contributed by atoms with van der Waals surface area (Å²) in [7, 11) is 1.60. The lowest BCUT2D eigenvalue weighted by Gasteiger charge is -2.22. The van der Waals surface area contributed by atoms with Crippen LogP contribution in [0.3, 0.4) is 0 Å². The van der Waals surface area contributed by atoms with Gasteiger partial charge in [-0.2, -0.15) is 0 Å². The van der Waals surface area contributed by atoms with Gasteiger partial charge in [0.1, 0.15) is 24.7 Å². The Balaban J connectivity index is 1.59. The van der Waals surface area contributed by atoms with Crippen LogP contribution in [0.25, 0.3) is 0 Å². The third kappa shape index (κ3) is 4.20. The van der Waals surface area contributed by atoms with E-state index in [0.717, 1.165) is 17.1 Å². The van der Waals surface area contributed by atoms with E-state index in [4.69, 9.17) is 18.9 Å². The van der Waals surface area contributed by atoms with Crippen molar-refractivity contribution in [3.8, 4) is 23.0 Å². The van der Waals surface area contributed by atoms with E-state index >= 15 is 0 Å². The van der Waals surface area contributed by atoms with Crippen molar-refractivity contribution in [2.24, 2.45) is 0 Å². The monoisotopic (exact) mass is 357 g/mol. The van der Waals surface area contributed by atoms with Gasteiger partial charge in [0.15, 0.2) is 17.6 Å². The first-order valence-corrected chi connectivity index (χ1v) is 8.57. The number of hydrogen-bond acceptors (Lipinski definition) is 5. The average molecular weight is 357 g/mol. The minimum Gasteiger partial charge on any atom is -0.497 e. The van der Waals surface area contributed by atoms with Crippen molar-refractivity contribution in [1.29, 1.82) is 0 Å². The maximum atomic E-state index is 12.4. The fourth-order valence-corrected chi connectivity index (χ4v) is 2.66. The summed E-state index contributed by atoms with van der Waals surface area (Å²) in [5, 5.41) is 2.96. The van der Waals surface area contributed by atoms with Crippen LogP contribution in [0.15, 0.2) is 42.5 Å². The predicted octanol–water partition coefficient (Wildman–Crippen LogP) is 3.11. The molecule has 3 rings (SSSR count). The topological polar surface area (TPSA) is 66.0 Å². The van der Waals surface area contributed by atoms with Crippen LogP contribution in [0.2, 0.25) is 0 Å². The number of rotatable bonds is 6. The molecule has 0 radical (unpaired) electrons. The summed E-state index contributed by atoms with van der Waals surface area (Å²) in [6, 6.07) is 12.6. The molecule has 2 aromatic carbocycles. The summed E-state index contributed by atoms with van der Waals surface area (Å²) < 4.78 is 21.9. The minimum atomic E-state index is -0.622. The van der Waals surface area contributed by atoms with Crippen LogP contribution >= 0.6 is 0 Å². The highest BCUT2D eigenvalue weighted by atomic mass is 16.6. The fraction of sp³-hybridized carbons (Fsp3) is 0.350. The van der Waals surface area contributed by atoms with Gasteiger partial charge in [-0.3, -0.25) is 4.79 Å². The standard InChI is InChI=1S/C20H23NO5/c1-13(15-4-9-18-19(12-15)25-11-10-24-18)21-20(22)14(2)26-17-7-5-16(23-3)6-8-17/h4-9,12-14H,10-11H2,1-3H3,(H,21,22)/t13-,14+/m0/s1. The van der Waals surface area contributed by atoms with E-state index in [1.165, 1.54) is 0 Å². The molecular weight excluding hydrogens is 334 g/mol. The smallest absolute Gasteiger partial charge is 0.261 e. The van der Waals surface area contributed by atoms with Gasteiger partial charge >= 0.3 is 0 Å². The molecule has 0 aromatic heterocycles. The lowest BCUT2D eigenvalue weighted by atomic mass is 10.1. The van der Waals surface area contributed by atoms with Gasteiger partial charge in [-0.05, 0) is 55.8 Å². The second-order valence-corrected chi connectivity index (χ2v) is 6.07. The maximum Gasteiger partial charge on any atom is 0.261 e. The van der Waals surface area contributed by atoms with Crippen LogP contribution in [-0.4, -0.2) is 32.3 Å². The van der Waals surface area contributed by atoms with Crippen molar-refractivity contribution in [2.45, 2.75) is 26.0 Å². The molecule has 6 heteroatoms. The highest BCUT2D eigenvalue weighted by Crippen LogP contribution is 2.32. The fourth-order valence-electron chi connectivity index (χ4n) is 2.66. The van der Waals surface area contributed by atoms with Gasteiger partial charge in [0.25, 0.3) is 5.91 Å². The summed E-state index contributed by atoms with van der Waals surface area (Å²) in [5.74, 6) is 2.59. The Morgan fingerprint density at radius 2 is 1.65 bits per heavy atom. The SMILES string of the molecule is COc1ccc(O[C@H](C)C(=O)N[C@@H](C)c2ccc3c(c2)OCCO3)cc1. The van der Waals surface area contributed by atoms with Gasteiger partial charge in [-0.25, -0.2) is 0 Å². The number of nitrogens with one attached hydrogen (secondary N) is 1. The molecule has 0 saturated carbocycles. The Labute approximate surface area is 153 Å². The molecule has 138 valence electrons. The van der Waals surface area contributed by atoms with Crippen molar-refractivity contribution in [3.05, 3.63) is 48.0 Å². The number of hydrogen-bond donors (Lipinski definition) is 1. The summed E-state index contributed by atoms with van der Waals surface area (Å²) >= 11 is 0. The molecular formula is C20H23NO5. The first-order valence-electron chi connectivity index (χ1n) is 8.57. The highest BCUT2D eigenvalue weighted by Gasteiger charge is 2.19. The molecule has 6 nitrogen and oxygen atoms in total. The highest BCUT2D eigenvalue weighted by molar-refractivity contribution is 5.81. The molecule has 1 amide bonds. The summed E-state index contributed by atoms with van der Waals surface area (Å²) in [6.45, 7) is 4.72. The number of ether oxygens (including phenoxy) is 4. The molecule has 1 heterocycles. The van der Waals surface area contributed by atoms with Crippen LogP contribution < -0.4 is 24.3 Å². The molecule has 0 unspecified atom stereocenters. The third-order valence-electron chi connectivity index (χ3n) is 4.17. The van der Waals surface area contributed by atoms with Crippen LogP contribution in [0.1, 0.15) is 25.5 Å². The zero-order chi connectivity index (χ0) is 18.5. The van der Waals surface area contributed by atoms with Crippen molar-refractivity contribution in [1.82, 2.24) is 5.32 Å². The van der Waals surface area contributed by atoms with E-state index in [-0.39, 0.29) is 11.9 Å². The van der Waals surface area contributed by atoms with Crippen LogP contribution in [0.4, 0.5) is 0 Å². The van der Waals surface area contributed by atoms with Crippen molar-refractivity contribution in [3.63, 3.8) is 0 Å². The molecule has 0 fully saturated rings. The number of methoxy groups -OCH3 is 1. The first kappa shape index (κ1) is 17.9. The van der Waals surface area contributed by atoms with Crippen molar-refractivity contribution >= 4 is 5.91 Å². The number of carbonyl (C=O) groups is 1. The van der Waals surface area contributed by atoms with E-state index in [9.17, 15) is 4.79 Å². The first-order chi connectivity index (χ1) is 12.6. The molecule has 0 saturated heterocycles. The van der Waals surface area contributed by atoms with Crippen molar-refractivity contribution < 1.29 is 23.7 Å². The second-order valence-electron chi connectivity index (χ2n) is 6.07. The molecule has 2 atom stereocenters. The Bertz CT molecular complexity index is 759. The third-order valence-corrected chi connectivity index (χ3v) is 4.17. The lowest BCUT2D eigenvalue weighted by Crippen LogP contribution is -2.37. The van der Waals surface area contributed by atoms with Gasteiger partial charge in [0, 0.05) is 0 Å². The predicted molar refractivity (Wildman–Crippen MR) is 97.1 cm³/mol. The van der Waals surface area contributed by atoms with E-state index in [0.29, 0.717) is 24.7 Å². The molecule has 1 aliphatic rings. The van der Waals surface area contributed by atoms with Crippen LogP contribution in [0, 0.1) is 0 Å². The number of fused-ring (bicyclic) bond motifs is 1. The number of carbonyl (C=O) groups excluding carboxylic acids is 1. The molecule has 26 heavy (non-hydrogen) atoms. The maximum absolute atomic E-state index is 12.4. The Hall–Kier alpha value is -2.89. The molecule has 0 bridgehead atoms. The van der Waals surface area contributed by atoms with E-state index < -0.39 is 6.10 Å². The quantitative estimate of drug-likeness (QED) is 0.860. The normalized spacial score (nSPS) is 14.9. The van der Waals surface area contributed by atoms with Gasteiger partial charge in [0.05, 0.1) is 13.2 Å². The van der Waals surface area contributed by atoms with Gasteiger partial charge in [-0.15, -0.1) is 0 Å². The molecule has 1 N–H and O–H groups in total. The minimum absolute atomic E-state index is 0.180. The molecule has 1 aliphatic heterocycles. The zero-order valence-corrected chi connectivity index (χ0v) is 15.2. The zero-order valence-electron chi connectivity index (χ0n) is 15.2. The Morgan fingerprint density at radius 1 is 1.00 bits per heavy atom. The average Bonchev–Trinajstić information content (AvgIpc) is 2.68. The molecule has 0 aliphatic carbocycles. The summed E-state index contributed by atoms with van der Waals surface area (Å²) in [6.07, 6.45) is -0.622. The van der Waals surface area contributed by atoms with Crippen molar-refractivity contribution in [2.75, 3.05) is 20.3 Å². The second kappa shape index (κ2) is 7.99. The lowest BCUT2D eigenvalue weighted by molar-refractivity contribution is -0.127.